The predicted octanol–water partition coefficient (Wildman–Crippen LogP) is 1.56. The SMILES string of the molecule is NC(=O)C1CCCCN1C(=O)Nc1ccccc1. The molecule has 3 amide bonds. The highest BCUT2D eigenvalue weighted by Gasteiger charge is 2.30. The van der Waals surface area contributed by atoms with Gasteiger partial charge in [-0.15, -0.1) is 0 Å². The van der Waals surface area contributed by atoms with Gasteiger partial charge in [0.2, 0.25) is 5.91 Å². The molecule has 0 radical (unpaired) electrons. The molecule has 1 fully saturated rings. The second-order valence-electron chi connectivity index (χ2n) is 4.40. The summed E-state index contributed by atoms with van der Waals surface area (Å²) in [7, 11) is 0. The van der Waals surface area contributed by atoms with E-state index in [1.165, 1.54) is 4.90 Å². The quantitative estimate of drug-likeness (QED) is 0.832. The van der Waals surface area contributed by atoms with Gasteiger partial charge in [-0.25, -0.2) is 4.79 Å². The third-order valence-corrected chi connectivity index (χ3v) is 3.12. The summed E-state index contributed by atoms with van der Waals surface area (Å²) < 4.78 is 0. The molecule has 0 aromatic heterocycles. The van der Waals surface area contributed by atoms with Crippen molar-refractivity contribution in [3.63, 3.8) is 0 Å². The van der Waals surface area contributed by atoms with Gasteiger partial charge in [0.05, 0.1) is 0 Å². The number of nitrogens with two attached hydrogens (primary N) is 1. The third-order valence-electron chi connectivity index (χ3n) is 3.12. The van der Waals surface area contributed by atoms with Gasteiger partial charge in [-0.05, 0) is 31.4 Å². The minimum absolute atomic E-state index is 0.260. The van der Waals surface area contributed by atoms with E-state index in [2.05, 4.69) is 5.32 Å². The molecular weight excluding hydrogens is 230 g/mol. The summed E-state index contributed by atoms with van der Waals surface area (Å²) in [4.78, 5) is 24.9. The van der Waals surface area contributed by atoms with Gasteiger partial charge < -0.3 is 16.0 Å². The van der Waals surface area contributed by atoms with Crippen molar-refractivity contribution in [3.8, 4) is 0 Å². The fourth-order valence-corrected chi connectivity index (χ4v) is 2.19. The molecule has 1 aliphatic heterocycles. The minimum Gasteiger partial charge on any atom is -0.368 e. The Hall–Kier alpha value is -2.04. The molecule has 1 heterocycles. The second kappa shape index (κ2) is 5.53. The number of benzene rings is 1. The molecule has 18 heavy (non-hydrogen) atoms. The largest absolute Gasteiger partial charge is 0.368 e. The standard InChI is InChI=1S/C13H17N3O2/c14-12(17)11-8-4-5-9-16(11)13(18)15-10-6-2-1-3-7-10/h1-3,6-7,11H,4-5,8-9H2,(H2,14,17)(H,15,18). The van der Waals surface area contributed by atoms with Crippen molar-refractivity contribution in [3.05, 3.63) is 30.3 Å². The number of primary amides is 1. The maximum atomic E-state index is 12.1. The summed E-state index contributed by atoms with van der Waals surface area (Å²) in [5, 5.41) is 2.78. The molecule has 1 aromatic rings. The number of hydrogen-bond donors (Lipinski definition) is 2. The molecule has 1 unspecified atom stereocenters. The lowest BCUT2D eigenvalue weighted by Gasteiger charge is -2.33. The van der Waals surface area contributed by atoms with Gasteiger partial charge in [-0.3, -0.25) is 4.79 Å². The fourth-order valence-electron chi connectivity index (χ4n) is 2.19. The van der Waals surface area contributed by atoms with E-state index in [0.717, 1.165) is 18.5 Å². The van der Waals surface area contributed by atoms with Crippen LogP contribution in [0.25, 0.3) is 0 Å². The highest BCUT2D eigenvalue weighted by atomic mass is 16.2. The Kier molecular flexibility index (Phi) is 3.82. The van der Waals surface area contributed by atoms with Crippen molar-refractivity contribution >= 4 is 17.6 Å². The first-order chi connectivity index (χ1) is 8.68. The number of carbonyl (C=O) groups is 2. The lowest BCUT2D eigenvalue weighted by atomic mass is 10.0. The number of carbonyl (C=O) groups excluding carboxylic acids is 2. The van der Waals surface area contributed by atoms with Crippen LogP contribution in [0.2, 0.25) is 0 Å². The Morgan fingerprint density at radius 3 is 2.61 bits per heavy atom. The first kappa shape index (κ1) is 12.4. The third kappa shape index (κ3) is 2.80. The smallest absolute Gasteiger partial charge is 0.322 e. The van der Waals surface area contributed by atoms with Gasteiger partial charge in [0, 0.05) is 12.2 Å². The summed E-state index contributed by atoms with van der Waals surface area (Å²) in [6.07, 6.45) is 2.49. The zero-order valence-electron chi connectivity index (χ0n) is 10.1. The van der Waals surface area contributed by atoms with E-state index in [4.69, 9.17) is 5.73 Å². The molecule has 0 spiro atoms. The van der Waals surface area contributed by atoms with Gasteiger partial charge in [0.15, 0.2) is 0 Å². The lowest BCUT2D eigenvalue weighted by molar-refractivity contribution is -0.123. The van der Waals surface area contributed by atoms with Crippen molar-refractivity contribution in [2.75, 3.05) is 11.9 Å². The normalized spacial score (nSPS) is 19.3. The van der Waals surface area contributed by atoms with Crippen molar-refractivity contribution in [1.29, 1.82) is 0 Å². The van der Waals surface area contributed by atoms with Gasteiger partial charge in [-0.1, -0.05) is 18.2 Å². The number of nitrogens with one attached hydrogen (secondary N) is 1. The van der Waals surface area contributed by atoms with Crippen LogP contribution < -0.4 is 11.1 Å². The number of piperidine rings is 1. The average Bonchev–Trinajstić information content (AvgIpc) is 2.40. The molecule has 1 atom stereocenters. The zero-order valence-corrected chi connectivity index (χ0v) is 10.1. The molecule has 0 aliphatic carbocycles. The number of nitrogens with zero attached hydrogens (tertiary/aromatic N) is 1. The van der Waals surface area contributed by atoms with E-state index in [0.29, 0.717) is 13.0 Å². The van der Waals surface area contributed by atoms with Crippen LogP contribution in [0, 0.1) is 0 Å². The van der Waals surface area contributed by atoms with E-state index >= 15 is 0 Å². The summed E-state index contributed by atoms with van der Waals surface area (Å²) >= 11 is 0. The Balaban J connectivity index is 2.05. The first-order valence-corrected chi connectivity index (χ1v) is 6.10. The monoisotopic (exact) mass is 247 g/mol. The van der Waals surface area contributed by atoms with E-state index < -0.39 is 11.9 Å². The van der Waals surface area contributed by atoms with Crippen LogP contribution >= 0.6 is 0 Å². The Morgan fingerprint density at radius 2 is 1.94 bits per heavy atom. The number of hydrogen-bond acceptors (Lipinski definition) is 2. The maximum Gasteiger partial charge on any atom is 0.322 e. The topological polar surface area (TPSA) is 75.4 Å². The molecule has 1 saturated heterocycles. The summed E-state index contributed by atoms with van der Waals surface area (Å²) in [6, 6.07) is 8.44. The van der Waals surface area contributed by atoms with Gasteiger partial charge in [-0.2, -0.15) is 0 Å². The van der Waals surface area contributed by atoms with Crippen molar-refractivity contribution in [2.45, 2.75) is 25.3 Å². The molecule has 2 rings (SSSR count). The summed E-state index contributed by atoms with van der Waals surface area (Å²) in [5.41, 5.74) is 6.05. The van der Waals surface area contributed by atoms with E-state index in [1.54, 1.807) is 12.1 Å². The minimum atomic E-state index is -0.484. The highest BCUT2D eigenvalue weighted by Crippen LogP contribution is 2.18. The van der Waals surface area contributed by atoms with Gasteiger partial charge in [0.25, 0.3) is 0 Å². The first-order valence-electron chi connectivity index (χ1n) is 6.10. The predicted molar refractivity (Wildman–Crippen MR) is 69.0 cm³/mol. The van der Waals surface area contributed by atoms with E-state index in [-0.39, 0.29) is 6.03 Å². The zero-order chi connectivity index (χ0) is 13.0. The summed E-state index contributed by atoms with van der Waals surface area (Å²) in [6.45, 7) is 0.576. The maximum absolute atomic E-state index is 12.1. The number of rotatable bonds is 2. The Morgan fingerprint density at radius 1 is 1.22 bits per heavy atom. The fraction of sp³-hybridized carbons (Fsp3) is 0.385. The van der Waals surface area contributed by atoms with Crippen LogP contribution in [0.4, 0.5) is 10.5 Å². The number of para-hydroxylation sites is 1. The van der Waals surface area contributed by atoms with Crippen LogP contribution in [0.1, 0.15) is 19.3 Å². The molecule has 1 aliphatic rings. The van der Waals surface area contributed by atoms with E-state index in [1.807, 2.05) is 18.2 Å². The number of likely N-dealkylation sites (tertiary alicyclic amines) is 1. The van der Waals surface area contributed by atoms with Crippen LogP contribution in [-0.4, -0.2) is 29.4 Å². The van der Waals surface area contributed by atoms with E-state index in [9.17, 15) is 9.59 Å². The number of amides is 3. The molecule has 1 aromatic carbocycles. The van der Waals surface area contributed by atoms with Crippen LogP contribution in [-0.2, 0) is 4.79 Å². The highest BCUT2D eigenvalue weighted by molar-refractivity contribution is 5.93. The molecule has 5 heteroatoms. The average molecular weight is 247 g/mol. The second-order valence-corrected chi connectivity index (χ2v) is 4.40. The molecule has 0 bridgehead atoms. The van der Waals surface area contributed by atoms with Crippen LogP contribution in [0.5, 0.6) is 0 Å². The lowest BCUT2D eigenvalue weighted by Crippen LogP contribution is -2.51. The van der Waals surface area contributed by atoms with Crippen molar-refractivity contribution in [1.82, 2.24) is 4.90 Å². The van der Waals surface area contributed by atoms with Gasteiger partial charge in [0.1, 0.15) is 6.04 Å². The van der Waals surface area contributed by atoms with Crippen molar-refractivity contribution in [2.24, 2.45) is 5.73 Å². The molecule has 3 N–H and O–H groups in total. The molecule has 5 nitrogen and oxygen atoms in total. The van der Waals surface area contributed by atoms with Crippen LogP contribution in [0.3, 0.4) is 0 Å². The number of anilines is 1. The van der Waals surface area contributed by atoms with Crippen molar-refractivity contribution < 1.29 is 9.59 Å². The molecule has 96 valence electrons. The number of urea groups is 1. The van der Waals surface area contributed by atoms with Gasteiger partial charge >= 0.3 is 6.03 Å². The Bertz CT molecular complexity index is 433. The van der Waals surface area contributed by atoms with Crippen LogP contribution in [0.15, 0.2) is 30.3 Å². The Labute approximate surface area is 106 Å². The molecular formula is C13H17N3O2. The summed E-state index contributed by atoms with van der Waals surface area (Å²) in [5.74, 6) is -0.432. The molecule has 0 saturated carbocycles.